The summed E-state index contributed by atoms with van der Waals surface area (Å²) >= 11 is 3.06. The molecule has 1 nitrogen and oxygen atoms in total. The Labute approximate surface area is 61.8 Å². The average molecular weight is 192 g/mol. The molecule has 0 amide bonds. The minimum absolute atomic E-state index is 0.374. The highest BCUT2D eigenvalue weighted by Crippen LogP contribution is 2.17. The van der Waals surface area contributed by atoms with Crippen LogP contribution in [0.15, 0.2) is 16.6 Å². The summed E-state index contributed by atoms with van der Waals surface area (Å²) in [4.78, 5) is 3.47. The third kappa shape index (κ3) is 1.61. The molecule has 0 aliphatic carbocycles. The number of allylic oxidation sites excluding steroid dienone is 1. The number of hydrogen-bond acceptors (Lipinski definition) is 1. The van der Waals surface area contributed by atoms with E-state index in [1.54, 1.807) is 12.3 Å². The Balaban J connectivity index is 2.70. The second-order valence-electron chi connectivity index (χ2n) is 2.01. The van der Waals surface area contributed by atoms with Crippen LogP contribution in [0, 0.1) is 0 Å². The molecule has 0 spiro atoms. The molecule has 2 atom stereocenters. The maximum atomic E-state index is 12.6. The maximum Gasteiger partial charge on any atom is 0.151 e. The average Bonchev–Trinajstić information content (AvgIpc) is 1.80. The van der Waals surface area contributed by atoms with E-state index < -0.39 is 6.17 Å². The molecule has 50 valence electrons. The highest BCUT2D eigenvalue weighted by molar-refractivity contribution is 9.09. The van der Waals surface area contributed by atoms with E-state index in [0.717, 1.165) is 5.57 Å². The molecule has 1 aliphatic rings. The van der Waals surface area contributed by atoms with Crippen molar-refractivity contribution in [2.75, 3.05) is 0 Å². The first-order valence-corrected chi connectivity index (χ1v) is 3.61. The summed E-state index contributed by atoms with van der Waals surface area (Å²) in [5.74, 6) is 0. The molecule has 0 aromatic heterocycles. The van der Waals surface area contributed by atoms with Gasteiger partial charge in [-0.1, -0.05) is 15.9 Å². The molecule has 0 aromatic rings. The number of halogens is 2. The largest absolute Gasteiger partial charge is 0.275 e. The lowest BCUT2D eigenvalue weighted by atomic mass is 10.2. The molecule has 9 heavy (non-hydrogen) atoms. The van der Waals surface area contributed by atoms with Crippen LogP contribution < -0.4 is 0 Å². The number of rotatable bonds is 0. The summed E-state index contributed by atoms with van der Waals surface area (Å²) in [7, 11) is 0. The van der Waals surface area contributed by atoms with Crippen LogP contribution in [0.25, 0.3) is 0 Å². The summed E-state index contributed by atoms with van der Waals surface area (Å²) in [6.45, 7) is 1.83. The Bertz CT molecular complexity index is 164. The zero-order chi connectivity index (χ0) is 6.85. The van der Waals surface area contributed by atoms with Crippen molar-refractivity contribution in [3.63, 3.8) is 0 Å². The number of hydrogen-bond donors (Lipinski definition) is 0. The van der Waals surface area contributed by atoms with E-state index in [1.165, 1.54) is 0 Å². The molecule has 1 aliphatic heterocycles. The van der Waals surface area contributed by atoms with Gasteiger partial charge >= 0.3 is 0 Å². The SMILES string of the molecule is CC1=CC(F)C(Br)N=C1. The van der Waals surface area contributed by atoms with Crippen LogP contribution in [-0.4, -0.2) is 17.3 Å². The molecule has 0 fully saturated rings. The van der Waals surface area contributed by atoms with E-state index in [-0.39, 0.29) is 4.95 Å². The topological polar surface area (TPSA) is 12.4 Å². The van der Waals surface area contributed by atoms with Crippen LogP contribution in [0.4, 0.5) is 4.39 Å². The fourth-order valence-electron chi connectivity index (χ4n) is 0.645. The molecule has 1 heterocycles. The highest BCUT2D eigenvalue weighted by atomic mass is 79.9. The molecular weight excluding hydrogens is 185 g/mol. The van der Waals surface area contributed by atoms with Crippen molar-refractivity contribution in [3.8, 4) is 0 Å². The normalized spacial score (nSPS) is 34.3. The third-order valence-electron chi connectivity index (χ3n) is 1.11. The monoisotopic (exact) mass is 191 g/mol. The van der Waals surface area contributed by atoms with Gasteiger partial charge < -0.3 is 0 Å². The second-order valence-corrected chi connectivity index (χ2v) is 2.94. The van der Waals surface area contributed by atoms with Crippen LogP contribution in [0.5, 0.6) is 0 Å². The second kappa shape index (κ2) is 2.60. The standard InChI is InChI=1S/C6H7BrFN/c1-4-2-5(8)6(7)9-3-4/h2-3,5-6H,1H3. The van der Waals surface area contributed by atoms with Crippen LogP contribution in [0.3, 0.4) is 0 Å². The quantitative estimate of drug-likeness (QED) is 0.411. The van der Waals surface area contributed by atoms with Crippen molar-refractivity contribution in [2.24, 2.45) is 4.99 Å². The van der Waals surface area contributed by atoms with Crippen molar-refractivity contribution in [1.82, 2.24) is 0 Å². The first kappa shape index (κ1) is 6.93. The molecule has 0 bridgehead atoms. The number of aliphatic imine (C=N–C) groups is 1. The summed E-state index contributed by atoms with van der Waals surface area (Å²) in [6.07, 6.45) is 2.25. The Morgan fingerprint density at radius 1 is 1.78 bits per heavy atom. The lowest BCUT2D eigenvalue weighted by Crippen LogP contribution is -2.14. The molecule has 2 unspecified atom stereocenters. The Morgan fingerprint density at radius 3 is 2.89 bits per heavy atom. The summed E-state index contributed by atoms with van der Waals surface area (Å²) < 4.78 is 12.6. The highest BCUT2D eigenvalue weighted by Gasteiger charge is 2.16. The van der Waals surface area contributed by atoms with Gasteiger partial charge in [0.15, 0.2) is 6.17 Å². The predicted octanol–water partition coefficient (Wildman–Crippen LogP) is 2.08. The van der Waals surface area contributed by atoms with Crippen molar-refractivity contribution >= 4 is 22.1 Å². The minimum atomic E-state index is -0.963. The van der Waals surface area contributed by atoms with Gasteiger partial charge in [-0.05, 0) is 18.6 Å². The third-order valence-corrected chi connectivity index (χ3v) is 1.85. The van der Waals surface area contributed by atoms with Gasteiger partial charge in [-0.25, -0.2) is 4.39 Å². The minimum Gasteiger partial charge on any atom is -0.275 e. The van der Waals surface area contributed by atoms with Crippen molar-refractivity contribution < 1.29 is 4.39 Å². The number of dihydropyridines is 1. The molecular formula is C6H7BrFN. The lowest BCUT2D eigenvalue weighted by molar-refractivity contribution is 0.393. The Morgan fingerprint density at radius 2 is 2.44 bits per heavy atom. The smallest absolute Gasteiger partial charge is 0.151 e. The van der Waals surface area contributed by atoms with E-state index >= 15 is 0 Å². The van der Waals surface area contributed by atoms with Gasteiger partial charge in [0, 0.05) is 6.21 Å². The fraction of sp³-hybridized carbons (Fsp3) is 0.500. The van der Waals surface area contributed by atoms with E-state index in [1.807, 2.05) is 6.92 Å². The number of alkyl halides is 2. The fourth-order valence-corrected chi connectivity index (χ4v) is 0.915. The molecule has 0 aromatic carbocycles. The number of nitrogens with zero attached hydrogens (tertiary/aromatic N) is 1. The molecule has 3 heteroatoms. The van der Waals surface area contributed by atoms with E-state index in [2.05, 4.69) is 20.9 Å². The zero-order valence-electron chi connectivity index (χ0n) is 5.01. The van der Waals surface area contributed by atoms with Crippen molar-refractivity contribution in [1.29, 1.82) is 0 Å². The van der Waals surface area contributed by atoms with Crippen molar-refractivity contribution in [2.45, 2.75) is 18.0 Å². The molecule has 1 rings (SSSR count). The van der Waals surface area contributed by atoms with Gasteiger partial charge in [-0.15, -0.1) is 0 Å². The first-order chi connectivity index (χ1) is 4.20. The molecule has 0 N–H and O–H groups in total. The van der Waals surface area contributed by atoms with Gasteiger partial charge in [-0.2, -0.15) is 0 Å². The molecule has 0 saturated heterocycles. The summed E-state index contributed by atoms with van der Waals surface area (Å²) in [5, 5.41) is 0. The molecule has 0 radical (unpaired) electrons. The summed E-state index contributed by atoms with van der Waals surface area (Å²) in [6, 6.07) is 0. The van der Waals surface area contributed by atoms with Gasteiger partial charge in [-0.3, -0.25) is 4.99 Å². The summed E-state index contributed by atoms with van der Waals surface area (Å²) in [5.41, 5.74) is 0.887. The van der Waals surface area contributed by atoms with E-state index in [0.29, 0.717) is 0 Å². The predicted molar refractivity (Wildman–Crippen MR) is 39.9 cm³/mol. The first-order valence-electron chi connectivity index (χ1n) is 2.70. The van der Waals surface area contributed by atoms with Gasteiger partial charge in [0.25, 0.3) is 0 Å². The van der Waals surface area contributed by atoms with Gasteiger partial charge in [0.05, 0.1) is 0 Å². The van der Waals surface area contributed by atoms with E-state index in [4.69, 9.17) is 0 Å². The lowest BCUT2D eigenvalue weighted by Gasteiger charge is -2.11. The van der Waals surface area contributed by atoms with Crippen molar-refractivity contribution in [3.05, 3.63) is 11.6 Å². The van der Waals surface area contributed by atoms with Gasteiger partial charge in [0.2, 0.25) is 0 Å². The Hall–Kier alpha value is -0.180. The van der Waals surface area contributed by atoms with Crippen LogP contribution >= 0.6 is 15.9 Å². The maximum absolute atomic E-state index is 12.6. The van der Waals surface area contributed by atoms with E-state index in [9.17, 15) is 4.39 Å². The van der Waals surface area contributed by atoms with Crippen LogP contribution in [0.2, 0.25) is 0 Å². The van der Waals surface area contributed by atoms with Crippen LogP contribution in [0.1, 0.15) is 6.92 Å². The zero-order valence-corrected chi connectivity index (χ0v) is 6.60. The van der Waals surface area contributed by atoms with Gasteiger partial charge in [0.1, 0.15) is 4.95 Å². The van der Waals surface area contributed by atoms with Crippen LogP contribution in [-0.2, 0) is 0 Å². The Kier molecular flexibility index (Phi) is 2.01. The molecule has 0 saturated carbocycles.